The molecule has 1 aliphatic carbocycles. The molecule has 3 aliphatic rings. The SMILES string of the molecule is CC1CC2CNNC2C(S(=O)(=O)N(C)CC(=O)NC2=NC=C(c3ccccc3)C2)C1. The number of rotatable bonds is 5. The molecule has 2 aliphatic heterocycles. The van der Waals surface area contributed by atoms with E-state index in [0.29, 0.717) is 30.5 Å². The van der Waals surface area contributed by atoms with Gasteiger partial charge in [0, 0.05) is 32.3 Å². The normalized spacial score (nSPS) is 28.8. The van der Waals surface area contributed by atoms with E-state index >= 15 is 0 Å². The van der Waals surface area contributed by atoms with Crippen LogP contribution in [0.25, 0.3) is 5.57 Å². The lowest BCUT2D eigenvalue weighted by molar-refractivity contribution is -0.119. The van der Waals surface area contributed by atoms with E-state index in [2.05, 4.69) is 28.1 Å². The Labute approximate surface area is 177 Å². The second-order valence-corrected chi connectivity index (χ2v) is 10.8. The third-order valence-electron chi connectivity index (χ3n) is 6.23. The number of amidine groups is 1. The van der Waals surface area contributed by atoms with Gasteiger partial charge in [-0.15, -0.1) is 0 Å². The van der Waals surface area contributed by atoms with Crippen LogP contribution >= 0.6 is 0 Å². The Balaban J connectivity index is 1.34. The first-order valence-corrected chi connectivity index (χ1v) is 11.9. The van der Waals surface area contributed by atoms with Gasteiger partial charge in [0.05, 0.1) is 11.8 Å². The van der Waals surface area contributed by atoms with Crippen molar-refractivity contribution in [2.75, 3.05) is 20.1 Å². The number of hydrogen-bond acceptors (Lipinski definition) is 6. The number of aliphatic imine (C=N–C) groups is 1. The van der Waals surface area contributed by atoms with Crippen LogP contribution in [0.1, 0.15) is 31.7 Å². The van der Waals surface area contributed by atoms with Gasteiger partial charge in [0.1, 0.15) is 5.84 Å². The largest absolute Gasteiger partial charge is 0.313 e. The monoisotopic (exact) mass is 431 g/mol. The average Bonchev–Trinajstić information content (AvgIpc) is 3.37. The molecule has 2 heterocycles. The van der Waals surface area contributed by atoms with Crippen molar-refractivity contribution in [2.24, 2.45) is 16.8 Å². The number of carbonyl (C=O) groups excluding carboxylic acids is 1. The Morgan fingerprint density at radius 3 is 2.80 bits per heavy atom. The number of nitrogens with one attached hydrogen (secondary N) is 3. The lowest BCUT2D eigenvalue weighted by Gasteiger charge is -2.37. The van der Waals surface area contributed by atoms with Crippen LogP contribution < -0.4 is 16.2 Å². The van der Waals surface area contributed by atoms with E-state index in [1.54, 1.807) is 6.20 Å². The second-order valence-electron chi connectivity index (χ2n) is 8.55. The third-order valence-corrected chi connectivity index (χ3v) is 8.48. The summed E-state index contributed by atoms with van der Waals surface area (Å²) < 4.78 is 27.6. The number of hydrogen-bond donors (Lipinski definition) is 3. The minimum absolute atomic E-state index is 0.117. The molecular formula is C21H29N5O3S. The fourth-order valence-corrected chi connectivity index (χ4v) is 6.69. The molecule has 4 unspecified atom stereocenters. The highest BCUT2D eigenvalue weighted by Gasteiger charge is 2.46. The summed E-state index contributed by atoms with van der Waals surface area (Å²) in [5, 5.41) is 2.23. The van der Waals surface area contributed by atoms with E-state index in [4.69, 9.17) is 0 Å². The van der Waals surface area contributed by atoms with E-state index in [1.807, 2.05) is 30.3 Å². The zero-order valence-corrected chi connectivity index (χ0v) is 18.2. The van der Waals surface area contributed by atoms with Crippen LogP contribution in [0.3, 0.4) is 0 Å². The van der Waals surface area contributed by atoms with Gasteiger partial charge < -0.3 is 5.32 Å². The summed E-state index contributed by atoms with van der Waals surface area (Å²) in [5.41, 5.74) is 8.32. The fraction of sp³-hybridized carbons (Fsp3) is 0.524. The Hall–Kier alpha value is -2.07. The summed E-state index contributed by atoms with van der Waals surface area (Å²) in [7, 11) is -2.13. The molecule has 0 radical (unpaired) electrons. The molecule has 3 N–H and O–H groups in total. The molecule has 1 saturated carbocycles. The maximum atomic E-state index is 13.2. The van der Waals surface area contributed by atoms with Gasteiger partial charge in [-0.25, -0.2) is 13.4 Å². The molecule has 1 aromatic rings. The molecule has 0 bridgehead atoms. The van der Waals surface area contributed by atoms with E-state index < -0.39 is 15.3 Å². The molecule has 30 heavy (non-hydrogen) atoms. The van der Waals surface area contributed by atoms with Crippen molar-refractivity contribution in [3.8, 4) is 0 Å². The minimum atomic E-state index is -3.61. The third kappa shape index (κ3) is 4.34. The van der Waals surface area contributed by atoms with Gasteiger partial charge in [0.2, 0.25) is 15.9 Å². The van der Waals surface area contributed by atoms with E-state index in [0.717, 1.165) is 24.1 Å². The van der Waals surface area contributed by atoms with Crippen molar-refractivity contribution in [3.05, 3.63) is 42.1 Å². The fourth-order valence-electron chi connectivity index (χ4n) is 4.70. The molecule has 4 atom stereocenters. The van der Waals surface area contributed by atoms with Gasteiger partial charge in [-0.3, -0.25) is 15.6 Å². The van der Waals surface area contributed by atoms with Gasteiger partial charge in [-0.1, -0.05) is 37.3 Å². The van der Waals surface area contributed by atoms with E-state index in [9.17, 15) is 13.2 Å². The van der Waals surface area contributed by atoms with Crippen molar-refractivity contribution in [2.45, 2.75) is 37.5 Å². The number of hydrazine groups is 1. The predicted octanol–water partition coefficient (Wildman–Crippen LogP) is 1.10. The van der Waals surface area contributed by atoms with Gasteiger partial charge in [-0.05, 0) is 35.8 Å². The van der Waals surface area contributed by atoms with Crippen LogP contribution in [-0.4, -0.2) is 55.9 Å². The Bertz CT molecular complexity index is 960. The van der Waals surface area contributed by atoms with Crippen LogP contribution in [0.2, 0.25) is 0 Å². The summed E-state index contributed by atoms with van der Waals surface area (Å²) >= 11 is 0. The zero-order valence-electron chi connectivity index (χ0n) is 17.3. The number of sulfonamides is 1. The molecule has 0 spiro atoms. The number of carbonyl (C=O) groups is 1. The Morgan fingerprint density at radius 2 is 2.03 bits per heavy atom. The summed E-state index contributed by atoms with van der Waals surface area (Å²) in [6, 6.07) is 9.74. The summed E-state index contributed by atoms with van der Waals surface area (Å²) in [6.07, 6.45) is 3.87. The minimum Gasteiger partial charge on any atom is -0.313 e. The quantitative estimate of drug-likeness (QED) is 0.648. The summed E-state index contributed by atoms with van der Waals surface area (Å²) in [6.45, 7) is 2.65. The molecule has 4 rings (SSSR count). The first-order valence-electron chi connectivity index (χ1n) is 10.4. The van der Waals surface area contributed by atoms with Crippen LogP contribution in [-0.2, 0) is 14.8 Å². The van der Waals surface area contributed by atoms with Crippen LogP contribution in [0.15, 0.2) is 41.5 Å². The summed E-state index contributed by atoms with van der Waals surface area (Å²) in [4.78, 5) is 16.8. The van der Waals surface area contributed by atoms with Crippen molar-refractivity contribution in [1.82, 2.24) is 20.5 Å². The second kappa shape index (κ2) is 8.58. The highest BCUT2D eigenvalue weighted by atomic mass is 32.2. The van der Waals surface area contributed by atoms with Crippen molar-refractivity contribution in [1.29, 1.82) is 0 Å². The summed E-state index contributed by atoms with van der Waals surface area (Å²) in [5.74, 6) is 0.800. The molecule has 1 amide bonds. The van der Waals surface area contributed by atoms with E-state index in [1.165, 1.54) is 11.4 Å². The average molecular weight is 432 g/mol. The molecule has 8 nitrogen and oxygen atoms in total. The van der Waals surface area contributed by atoms with Crippen LogP contribution in [0.4, 0.5) is 0 Å². The molecular weight excluding hydrogens is 402 g/mol. The lowest BCUT2D eigenvalue weighted by atomic mass is 9.79. The zero-order chi connectivity index (χ0) is 21.3. The number of nitrogens with zero attached hydrogens (tertiary/aromatic N) is 2. The van der Waals surface area contributed by atoms with Gasteiger partial charge in [0.15, 0.2) is 0 Å². The topological polar surface area (TPSA) is 103 Å². The Morgan fingerprint density at radius 1 is 1.27 bits per heavy atom. The van der Waals surface area contributed by atoms with Crippen molar-refractivity contribution >= 4 is 27.3 Å². The molecule has 2 fully saturated rings. The molecule has 9 heteroatoms. The molecule has 0 aromatic heterocycles. The first kappa shape index (κ1) is 21.2. The molecule has 1 aromatic carbocycles. The smallest absolute Gasteiger partial charge is 0.240 e. The number of fused-ring (bicyclic) bond motifs is 1. The number of likely N-dealkylation sites (N-methyl/N-ethyl adjacent to an activating group) is 1. The van der Waals surface area contributed by atoms with Gasteiger partial charge in [-0.2, -0.15) is 4.31 Å². The van der Waals surface area contributed by atoms with Gasteiger partial charge in [0.25, 0.3) is 0 Å². The maximum absolute atomic E-state index is 13.2. The molecule has 1 saturated heterocycles. The predicted molar refractivity (Wildman–Crippen MR) is 117 cm³/mol. The highest BCUT2D eigenvalue weighted by Crippen LogP contribution is 2.35. The number of benzene rings is 1. The van der Waals surface area contributed by atoms with Crippen molar-refractivity contribution in [3.63, 3.8) is 0 Å². The highest BCUT2D eigenvalue weighted by molar-refractivity contribution is 7.89. The van der Waals surface area contributed by atoms with E-state index in [-0.39, 0.29) is 18.5 Å². The Kier molecular flexibility index (Phi) is 6.06. The standard InChI is InChI=1S/C21H29N5O3S/c1-14-8-17-12-23-25-21(17)18(9-14)30(28,29)26(2)13-20(27)24-19-10-16(11-22-19)15-6-4-3-5-7-15/h3-7,11,14,17-18,21,23,25H,8-10,12-13H2,1-2H3,(H,22,24,27). The number of amides is 1. The maximum Gasteiger partial charge on any atom is 0.240 e. The van der Waals surface area contributed by atoms with Crippen LogP contribution in [0.5, 0.6) is 0 Å². The lowest BCUT2D eigenvalue weighted by Crippen LogP contribution is -2.54. The van der Waals surface area contributed by atoms with Crippen molar-refractivity contribution < 1.29 is 13.2 Å². The first-order chi connectivity index (χ1) is 14.3. The van der Waals surface area contributed by atoms with Crippen LogP contribution in [0, 0.1) is 11.8 Å². The molecule has 162 valence electrons. The van der Waals surface area contributed by atoms with Gasteiger partial charge >= 0.3 is 0 Å².